The van der Waals surface area contributed by atoms with Gasteiger partial charge in [-0.1, -0.05) is 65.6 Å². The van der Waals surface area contributed by atoms with E-state index in [1.54, 1.807) is 0 Å². The molecular formula is C28H29IN2S2. The van der Waals surface area contributed by atoms with Crippen LogP contribution in [0.1, 0.15) is 38.1 Å². The van der Waals surface area contributed by atoms with Crippen LogP contribution in [0.4, 0.5) is 5.69 Å². The lowest BCUT2D eigenvalue weighted by atomic mass is 9.94. The van der Waals surface area contributed by atoms with Gasteiger partial charge in [0.2, 0.25) is 5.52 Å². The average molecular weight is 585 g/mol. The number of halogens is 1. The molecule has 0 bridgehead atoms. The van der Waals surface area contributed by atoms with Gasteiger partial charge in [0.25, 0.3) is 5.01 Å². The van der Waals surface area contributed by atoms with Crippen LogP contribution >= 0.6 is 23.1 Å². The molecule has 0 fully saturated rings. The first kappa shape index (κ1) is 24.3. The summed E-state index contributed by atoms with van der Waals surface area (Å²) in [6.45, 7) is 6.44. The number of thiazole rings is 1. The standard InChI is InChI=1S/C28H29N2S2.HI/c1-3-29-23-12-5-7-14-25(23)31-27(29)18-16-21-10-9-11-22(20-21)17-19-28-30(4-2)24-13-6-8-15-26(24)32-28;/h5-8,12-20H,3-4,9-11H2,1-2H3;1H/q+1;/p-1. The van der Waals surface area contributed by atoms with E-state index < -0.39 is 0 Å². The van der Waals surface area contributed by atoms with Crippen molar-refractivity contribution in [2.24, 2.45) is 0 Å². The summed E-state index contributed by atoms with van der Waals surface area (Å²) in [5, 5.41) is 2.65. The minimum atomic E-state index is 0. The zero-order chi connectivity index (χ0) is 21.9. The summed E-state index contributed by atoms with van der Waals surface area (Å²) in [5.41, 5.74) is 5.52. The van der Waals surface area contributed by atoms with Gasteiger partial charge in [-0.2, -0.15) is 4.57 Å². The molecule has 33 heavy (non-hydrogen) atoms. The maximum Gasteiger partial charge on any atom is 0.262 e. The third-order valence-corrected chi connectivity index (χ3v) is 8.35. The first-order valence-corrected chi connectivity index (χ1v) is 13.2. The zero-order valence-corrected chi connectivity index (χ0v) is 22.9. The molecule has 1 aliphatic heterocycles. The minimum absolute atomic E-state index is 0. The molecule has 0 unspecified atom stereocenters. The molecule has 0 amide bonds. The van der Waals surface area contributed by atoms with E-state index in [1.165, 1.54) is 48.4 Å². The molecular weight excluding hydrogens is 555 g/mol. The highest BCUT2D eigenvalue weighted by atomic mass is 127. The van der Waals surface area contributed by atoms with Crippen molar-refractivity contribution in [1.82, 2.24) is 0 Å². The molecule has 2 nitrogen and oxygen atoms in total. The third kappa shape index (κ3) is 5.15. The zero-order valence-electron chi connectivity index (χ0n) is 19.1. The van der Waals surface area contributed by atoms with Crippen molar-refractivity contribution in [3.05, 3.63) is 94.0 Å². The minimum Gasteiger partial charge on any atom is -1.00 e. The molecule has 0 saturated heterocycles. The predicted octanol–water partition coefficient (Wildman–Crippen LogP) is 4.74. The number of nitrogens with zero attached hydrogens (tertiary/aromatic N) is 2. The highest BCUT2D eigenvalue weighted by Gasteiger charge is 2.22. The number of anilines is 1. The molecule has 0 spiro atoms. The molecule has 2 aliphatic rings. The fourth-order valence-electron chi connectivity index (χ4n) is 4.50. The first-order valence-electron chi connectivity index (χ1n) is 11.5. The van der Waals surface area contributed by atoms with E-state index in [0.29, 0.717) is 0 Å². The summed E-state index contributed by atoms with van der Waals surface area (Å²) < 4.78 is 3.77. The van der Waals surface area contributed by atoms with Crippen molar-refractivity contribution in [1.29, 1.82) is 0 Å². The number of fused-ring (bicyclic) bond motifs is 2. The molecule has 1 aliphatic carbocycles. The maximum atomic E-state index is 2.41. The van der Waals surface area contributed by atoms with E-state index in [4.69, 9.17) is 0 Å². The van der Waals surface area contributed by atoms with Crippen molar-refractivity contribution >= 4 is 45.1 Å². The number of benzene rings is 2. The van der Waals surface area contributed by atoms with E-state index in [1.807, 2.05) is 23.1 Å². The Morgan fingerprint density at radius 2 is 1.79 bits per heavy atom. The monoisotopic (exact) mass is 584 g/mol. The van der Waals surface area contributed by atoms with Gasteiger partial charge in [-0.05, 0) is 68.5 Å². The SMILES string of the molecule is CCN1/C(=C/C=C2C=C(/C=C/c3sc4ccccc4[n+]3CC)CCC/2)Sc2ccccc21.[I-]. The fraction of sp³-hybridized carbons (Fsp3) is 0.250. The van der Waals surface area contributed by atoms with Crippen LogP contribution in [0.25, 0.3) is 16.3 Å². The van der Waals surface area contributed by atoms with E-state index in [9.17, 15) is 0 Å². The van der Waals surface area contributed by atoms with Crippen molar-refractivity contribution in [3.63, 3.8) is 0 Å². The summed E-state index contributed by atoms with van der Waals surface area (Å²) in [6.07, 6.45) is 15.2. The largest absolute Gasteiger partial charge is 1.00 e. The number of hydrogen-bond donors (Lipinski definition) is 0. The quantitative estimate of drug-likeness (QED) is 0.316. The molecule has 3 aromatic rings. The van der Waals surface area contributed by atoms with Crippen molar-refractivity contribution < 1.29 is 28.5 Å². The number of aryl methyl sites for hydroxylation is 1. The Morgan fingerprint density at radius 3 is 2.64 bits per heavy atom. The molecule has 1 aromatic heterocycles. The Morgan fingerprint density at radius 1 is 0.970 bits per heavy atom. The summed E-state index contributed by atoms with van der Waals surface area (Å²) >= 11 is 3.76. The second-order valence-corrected chi connectivity index (χ2v) is 10.2. The smallest absolute Gasteiger partial charge is 0.262 e. The van der Waals surface area contributed by atoms with Gasteiger partial charge in [-0.15, -0.1) is 0 Å². The molecule has 170 valence electrons. The lowest BCUT2D eigenvalue weighted by molar-refractivity contribution is -0.665. The number of rotatable bonds is 5. The van der Waals surface area contributed by atoms with Gasteiger partial charge < -0.3 is 28.9 Å². The van der Waals surface area contributed by atoms with Crippen LogP contribution in [0.5, 0.6) is 0 Å². The molecule has 0 saturated carbocycles. The van der Waals surface area contributed by atoms with Crippen molar-refractivity contribution in [2.75, 3.05) is 11.4 Å². The molecule has 0 N–H and O–H groups in total. The third-order valence-electron chi connectivity index (χ3n) is 6.09. The van der Waals surface area contributed by atoms with Crippen LogP contribution in [0.3, 0.4) is 0 Å². The molecule has 5 heteroatoms. The maximum absolute atomic E-state index is 2.41. The second-order valence-electron chi connectivity index (χ2n) is 8.12. The molecule has 0 radical (unpaired) electrons. The number of aromatic nitrogens is 1. The van der Waals surface area contributed by atoms with E-state index in [0.717, 1.165) is 25.9 Å². The fourth-order valence-corrected chi connectivity index (χ4v) is 6.76. The van der Waals surface area contributed by atoms with Crippen molar-refractivity contribution in [2.45, 2.75) is 44.6 Å². The lowest BCUT2D eigenvalue weighted by Gasteiger charge is -2.17. The summed E-state index contributed by atoms with van der Waals surface area (Å²) in [4.78, 5) is 3.77. The number of hydrogen-bond acceptors (Lipinski definition) is 3. The van der Waals surface area contributed by atoms with Gasteiger partial charge in [0.15, 0.2) is 0 Å². The lowest BCUT2D eigenvalue weighted by Crippen LogP contribution is -3.00. The highest BCUT2D eigenvalue weighted by Crippen LogP contribution is 2.45. The van der Waals surface area contributed by atoms with E-state index in [-0.39, 0.29) is 24.0 Å². The van der Waals surface area contributed by atoms with Crippen LogP contribution in [-0.2, 0) is 6.54 Å². The molecule has 0 atom stereocenters. The molecule has 5 rings (SSSR count). The Labute approximate surface area is 222 Å². The Bertz CT molecular complexity index is 1270. The highest BCUT2D eigenvalue weighted by molar-refractivity contribution is 8.03. The van der Waals surface area contributed by atoms with Gasteiger partial charge in [-0.3, -0.25) is 0 Å². The van der Waals surface area contributed by atoms with Gasteiger partial charge in [0.1, 0.15) is 11.2 Å². The predicted molar refractivity (Wildman–Crippen MR) is 140 cm³/mol. The van der Waals surface area contributed by atoms with Crippen LogP contribution in [0.15, 0.2) is 93.9 Å². The normalized spacial score (nSPS) is 18.2. The Hall–Kier alpha value is -1.83. The van der Waals surface area contributed by atoms with Gasteiger partial charge in [0.05, 0.1) is 10.7 Å². The topological polar surface area (TPSA) is 7.12 Å². The average Bonchev–Trinajstić information content (AvgIpc) is 3.38. The molecule has 2 heterocycles. The number of para-hydroxylation sites is 2. The second kappa shape index (κ2) is 11.1. The van der Waals surface area contributed by atoms with Crippen molar-refractivity contribution in [3.8, 4) is 0 Å². The number of thioether (sulfide) groups is 1. The Kier molecular flexibility index (Phi) is 8.15. The number of allylic oxidation sites excluding steroid dienone is 6. The van der Waals surface area contributed by atoms with Gasteiger partial charge >= 0.3 is 0 Å². The van der Waals surface area contributed by atoms with Crippen LogP contribution in [0, 0.1) is 0 Å². The van der Waals surface area contributed by atoms with E-state index in [2.05, 4.69) is 102 Å². The first-order chi connectivity index (χ1) is 15.8. The summed E-state index contributed by atoms with van der Waals surface area (Å²) in [7, 11) is 0. The summed E-state index contributed by atoms with van der Waals surface area (Å²) in [5.74, 6) is 0. The van der Waals surface area contributed by atoms with Crippen LogP contribution in [0.2, 0.25) is 0 Å². The molecule has 2 aromatic carbocycles. The van der Waals surface area contributed by atoms with Gasteiger partial charge in [-0.25, -0.2) is 0 Å². The van der Waals surface area contributed by atoms with Gasteiger partial charge in [0, 0.05) is 23.6 Å². The van der Waals surface area contributed by atoms with Crippen LogP contribution in [-0.4, -0.2) is 6.54 Å². The summed E-state index contributed by atoms with van der Waals surface area (Å²) in [6, 6.07) is 17.4. The van der Waals surface area contributed by atoms with E-state index >= 15 is 0 Å². The Balaban J connectivity index is 0.00000259. The van der Waals surface area contributed by atoms with Crippen LogP contribution < -0.4 is 33.4 Å².